The van der Waals surface area contributed by atoms with Crippen LogP contribution in [-0.4, -0.2) is 33.3 Å². The smallest absolute Gasteiger partial charge is 0.328 e. The van der Waals surface area contributed by atoms with Gasteiger partial charge in [0.05, 0.1) is 0 Å². The summed E-state index contributed by atoms with van der Waals surface area (Å²) < 4.78 is 1.25. The van der Waals surface area contributed by atoms with E-state index in [0.717, 1.165) is 6.42 Å². The van der Waals surface area contributed by atoms with E-state index in [1.807, 2.05) is 6.92 Å². The van der Waals surface area contributed by atoms with Gasteiger partial charge >= 0.3 is 5.97 Å². The first kappa shape index (κ1) is 12.2. The highest BCUT2D eigenvalue weighted by molar-refractivity contribution is 5.92. The van der Waals surface area contributed by atoms with Gasteiger partial charge in [0.25, 0.3) is 5.91 Å². The number of carbonyl (C=O) groups is 2. The molecule has 0 spiro atoms. The molecule has 2 N–H and O–H groups in total. The lowest BCUT2D eigenvalue weighted by Crippen LogP contribution is -2.25. The Morgan fingerprint density at radius 1 is 1.62 bits per heavy atom. The molecule has 1 amide bonds. The summed E-state index contributed by atoms with van der Waals surface area (Å²) in [5.41, 5.74) is 0.238. The summed E-state index contributed by atoms with van der Waals surface area (Å²) in [6.45, 7) is 4.04. The normalized spacial score (nSPS) is 12.1. The van der Waals surface area contributed by atoms with Crippen LogP contribution in [0.5, 0.6) is 0 Å². The Labute approximate surface area is 93.3 Å². The molecule has 0 saturated heterocycles. The Bertz CT molecular complexity index is 386. The first-order valence-electron chi connectivity index (χ1n) is 5.12. The zero-order chi connectivity index (χ0) is 12.1. The third-order valence-electron chi connectivity index (χ3n) is 2.13. The summed E-state index contributed by atoms with van der Waals surface area (Å²) in [6, 6.07) is 0.734. The minimum Gasteiger partial charge on any atom is -0.480 e. The Balaban J connectivity index is 2.71. The van der Waals surface area contributed by atoms with Crippen molar-refractivity contribution in [1.82, 2.24) is 15.1 Å². The minimum absolute atomic E-state index is 0.238. The van der Waals surface area contributed by atoms with E-state index in [2.05, 4.69) is 10.4 Å². The van der Waals surface area contributed by atoms with Gasteiger partial charge in [0.15, 0.2) is 0 Å². The molecule has 1 heterocycles. The lowest BCUT2D eigenvalue weighted by molar-refractivity contribution is -0.140. The van der Waals surface area contributed by atoms with E-state index in [-0.39, 0.29) is 11.6 Å². The van der Waals surface area contributed by atoms with Crippen molar-refractivity contribution in [1.29, 1.82) is 0 Å². The van der Waals surface area contributed by atoms with Crippen molar-refractivity contribution in [3.05, 3.63) is 18.0 Å². The van der Waals surface area contributed by atoms with Gasteiger partial charge in [-0.2, -0.15) is 5.10 Å². The molecule has 1 unspecified atom stereocenters. The second kappa shape index (κ2) is 5.29. The highest BCUT2D eigenvalue weighted by Crippen LogP contribution is 2.05. The molecular formula is C10H15N3O3. The van der Waals surface area contributed by atoms with Crippen molar-refractivity contribution in [2.24, 2.45) is 0 Å². The highest BCUT2D eigenvalue weighted by Gasteiger charge is 2.16. The summed E-state index contributed by atoms with van der Waals surface area (Å²) in [6.07, 6.45) is 2.33. The van der Waals surface area contributed by atoms with Crippen LogP contribution in [-0.2, 0) is 4.79 Å². The first-order valence-corrected chi connectivity index (χ1v) is 5.12. The predicted molar refractivity (Wildman–Crippen MR) is 57.2 cm³/mol. The van der Waals surface area contributed by atoms with Crippen LogP contribution < -0.4 is 5.32 Å². The van der Waals surface area contributed by atoms with Crippen LogP contribution in [0.1, 0.15) is 36.8 Å². The molecule has 1 aromatic heterocycles. The molecule has 1 rings (SSSR count). The van der Waals surface area contributed by atoms with Crippen LogP contribution in [0.4, 0.5) is 0 Å². The number of nitrogens with one attached hydrogen (secondary N) is 1. The van der Waals surface area contributed by atoms with E-state index < -0.39 is 12.0 Å². The summed E-state index contributed by atoms with van der Waals surface area (Å²) in [4.78, 5) is 22.2. The van der Waals surface area contributed by atoms with E-state index in [0.29, 0.717) is 6.54 Å². The maximum Gasteiger partial charge on any atom is 0.328 e. The summed E-state index contributed by atoms with van der Waals surface area (Å²) >= 11 is 0. The topological polar surface area (TPSA) is 84.2 Å². The van der Waals surface area contributed by atoms with E-state index in [9.17, 15) is 9.59 Å². The van der Waals surface area contributed by atoms with E-state index in [1.165, 1.54) is 23.9 Å². The molecule has 0 fully saturated rings. The Kier molecular flexibility index (Phi) is 4.04. The van der Waals surface area contributed by atoms with Gasteiger partial charge in [0, 0.05) is 12.7 Å². The van der Waals surface area contributed by atoms with Crippen LogP contribution in [0.3, 0.4) is 0 Å². The van der Waals surface area contributed by atoms with Crippen molar-refractivity contribution in [2.45, 2.75) is 26.3 Å². The number of aliphatic carboxylic acids is 1. The van der Waals surface area contributed by atoms with Gasteiger partial charge in [0.2, 0.25) is 0 Å². The molecule has 0 aliphatic carbocycles. The zero-order valence-corrected chi connectivity index (χ0v) is 9.30. The van der Waals surface area contributed by atoms with Gasteiger partial charge in [-0.25, -0.2) is 4.79 Å². The third kappa shape index (κ3) is 2.82. The van der Waals surface area contributed by atoms with E-state index in [1.54, 1.807) is 0 Å². The van der Waals surface area contributed by atoms with Crippen LogP contribution in [0.15, 0.2) is 12.3 Å². The van der Waals surface area contributed by atoms with Crippen molar-refractivity contribution in [3.63, 3.8) is 0 Å². The van der Waals surface area contributed by atoms with Crippen molar-refractivity contribution < 1.29 is 14.7 Å². The molecule has 1 aromatic rings. The fourth-order valence-corrected chi connectivity index (χ4v) is 1.12. The summed E-state index contributed by atoms with van der Waals surface area (Å²) in [5, 5.41) is 15.3. The van der Waals surface area contributed by atoms with Crippen molar-refractivity contribution >= 4 is 11.9 Å². The Hall–Kier alpha value is -1.85. The number of rotatable bonds is 5. The standard InChI is InChI=1S/C10H15N3O3/c1-3-5-11-9(14)8-4-6-13(12-8)7(2)10(15)16/h4,6-7H,3,5H2,1-2H3,(H,11,14)(H,15,16). The van der Waals surface area contributed by atoms with Gasteiger partial charge in [-0.1, -0.05) is 6.92 Å². The molecule has 0 bridgehead atoms. The van der Waals surface area contributed by atoms with E-state index in [4.69, 9.17) is 5.11 Å². The fraction of sp³-hybridized carbons (Fsp3) is 0.500. The average molecular weight is 225 g/mol. The third-order valence-corrected chi connectivity index (χ3v) is 2.13. The zero-order valence-electron chi connectivity index (χ0n) is 9.30. The molecular weight excluding hydrogens is 210 g/mol. The fourth-order valence-electron chi connectivity index (χ4n) is 1.12. The second-order valence-electron chi connectivity index (χ2n) is 3.45. The molecule has 0 aromatic carbocycles. The van der Waals surface area contributed by atoms with Gasteiger partial charge in [-0.05, 0) is 19.4 Å². The molecule has 6 heteroatoms. The number of carbonyl (C=O) groups excluding carboxylic acids is 1. The molecule has 16 heavy (non-hydrogen) atoms. The Morgan fingerprint density at radius 2 is 2.31 bits per heavy atom. The van der Waals surface area contributed by atoms with Crippen molar-refractivity contribution in [2.75, 3.05) is 6.54 Å². The molecule has 0 radical (unpaired) electrons. The quantitative estimate of drug-likeness (QED) is 0.771. The molecule has 0 aliphatic heterocycles. The maximum absolute atomic E-state index is 11.5. The van der Waals surface area contributed by atoms with Crippen LogP contribution in [0.25, 0.3) is 0 Å². The van der Waals surface area contributed by atoms with Gasteiger partial charge in [-0.3, -0.25) is 9.48 Å². The number of hydrogen-bond acceptors (Lipinski definition) is 3. The van der Waals surface area contributed by atoms with Crippen LogP contribution in [0, 0.1) is 0 Å². The monoisotopic (exact) mass is 225 g/mol. The number of carboxylic acid groups (broad SMARTS) is 1. The van der Waals surface area contributed by atoms with Crippen molar-refractivity contribution in [3.8, 4) is 0 Å². The number of hydrogen-bond donors (Lipinski definition) is 2. The molecule has 0 saturated carbocycles. The van der Waals surface area contributed by atoms with Crippen LogP contribution in [0.2, 0.25) is 0 Å². The predicted octanol–water partition coefficient (Wildman–Crippen LogP) is 0.669. The number of amides is 1. The van der Waals surface area contributed by atoms with Crippen LogP contribution >= 0.6 is 0 Å². The first-order chi connectivity index (χ1) is 7.56. The molecule has 0 aliphatic rings. The number of aromatic nitrogens is 2. The van der Waals surface area contributed by atoms with E-state index >= 15 is 0 Å². The summed E-state index contributed by atoms with van der Waals surface area (Å²) in [7, 11) is 0. The lowest BCUT2D eigenvalue weighted by Gasteiger charge is -2.05. The molecule has 88 valence electrons. The lowest BCUT2D eigenvalue weighted by atomic mass is 10.3. The average Bonchev–Trinajstić information content (AvgIpc) is 2.73. The summed E-state index contributed by atoms with van der Waals surface area (Å²) in [5.74, 6) is -1.26. The van der Waals surface area contributed by atoms with Gasteiger partial charge in [0.1, 0.15) is 11.7 Å². The molecule has 6 nitrogen and oxygen atoms in total. The maximum atomic E-state index is 11.5. The highest BCUT2D eigenvalue weighted by atomic mass is 16.4. The SMILES string of the molecule is CCCNC(=O)c1ccn(C(C)C(=O)O)n1. The molecule has 1 atom stereocenters. The minimum atomic E-state index is -0.983. The largest absolute Gasteiger partial charge is 0.480 e. The Morgan fingerprint density at radius 3 is 2.88 bits per heavy atom. The second-order valence-corrected chi connectivity index (χ2v) is 3.45. The number of carboxylic acids is 1. The van der Waals surface area contributed by atoms with Gasteiger partial charge in [-0.15, -0.1) is 0 Å². The van der Waals surface area contributed by atoms with Gasteiger partial charge < -0.3 is 10.4 Å². The number of nitrogens with zero attached hydrogens (tertiary/aromatic N) is 2.